The highest BCUT2D eigenvalue weighted by atomic mass is 32.1. The summed E-state index contributed by atoms with van der Waals surface area (Å²) in [6.45, 7) is 6.64. The van der Waals surface area contributed by atoms with Crippen molar-refractivity contribution in [1.29, 1.82) is 0 Å². The summed E-state index contributed by atoms with van der Waals surface area (Å²) < 4.78 is 0. The molecule has 0 radical (unpaired) electrons. The van der Waals surface area contributed by atoms with Gasteiger partial charge in [0.2, 0.25) is 0 Å². The van der Waals surface area contributed by atoms with Gasteiger partial charge in [-0.2, -0.15) is 11.3 Å². The molecule has 1 rings (SSSR count). The second-order valence-electron chi connectivity index (χ2n) is 2.66. The van der Waals surface area contributed by atoms with Crippen molar-refractivity contribution < 1.29 is 4.79 Å². The standard InChI is InChI=1S/C5H13N.C5H4OS/c1-4-6(3)5-2;6-3-5-1-2-7-4-5/h4-5H2,1-3H3;1-4H. The van der Waals surface area contributed by atoms with Crippen LogP contribution in [0.4, 0.5) is 0 Å². The number of hydrogen-bond acceptors (Lipinski definition) is 3. The first-order valence-electron chi connectivity index (χ1n) is 4.40. The molecule has 0 aliphatic carbocycles. The minimum Gasteiger partial charge on any atom is -0.307 e. The Morgan fingerprint density at radius 1 is 1.46 bits per heavy atom. The summed E-state index contributed by atoms with van der Waals surface area (Å²) in [6, 6.07) is 1.79. The van der Waals surface area contributed by atoms with Crippen LogP contribution in [0.3, 0.4) is 0 Å². The first-order chi connectivity index (χ1) is 6.24. The molecule has 2 nitrogen and oxygen atoms in total. The number of hydrogen-bond donors (Lipinski definition) is 0. The normalized spacial score (nSPS) is 9.23. The Kier molecular flexibility index (Phi) is 7.54. The molecule has 1 aromatic rings. The molecule has 74 valence electrons. The number of carbonyl (C=O) groups is 1. The Labute approximate surface area is 84.2 Å². The average molecular weight is 199 g/mol. The molecule has 0 spiro atoms. The van der Waals surface area contributed by atoms with Crippen LogP contribution in [0.5, 0.6) is 0 Å². The van der Waals surface area contributed by atoms with Crippen LogP contribution < -0.4 is 0 Å². The van der Waals surface area contributed by atoms with Crippen molar-refractivity contribution in [2.75, 3.05) is 20.1 Å². The van der Waals surface area contributed by atoms with Crippen molar-refractivity contribution in [3.63, 3.8) is 0 Å². The zero-order valence-corrected chi connectivity index (χ0v) is 9.30. The summed E-state index contributed by atoms with van der Waals surface area (Å²) in [5.74, 6) is 0. The highest BCUT2D eigenvalue weighted by molar-refractivity contribution is 7.08. The number of thiophene rings is 1. The van der Waals surface area contributed by atoms with E-state index in [9.17, 15) is 4.79 Å². The third kappa shape index (κ3) is 6.49. The third-order valence-electron chi connectivity index (χ3n) is 1.76. The molecule has 0 saturated heterocycles. The Bertz CT molecular complexity index is 205. The summed E-state index contributed by atoms with van der Waals surface area (Å²) in [7, 11) is 2.11. The van der Waals surface area contributed by atoms with E-state index in [1.165, 1.54) is 11.3 Å². The van der Waals surface area contributed by atoms with Crippen molar-refractivity contribution in [3.05, 3.63) is 22.4 Å². The van der Waals surface area contributed by atoms with Crippen LogP contribution in [0.15, 0.2) is 16.8 Å². The molecule has 1 heterocycles. The summed E-state index contributed by atoms with van der Waals surface area (Å²) in [5.41, 5.74) is 0.769. The van der Waals surface area contributed by atoms with E-state index < -0.39 is 0 Å². The summed E-state index contributed by atoms with van der Waals surface area (Å²) in [5, 5.41) is 3.69. The molecular weight excluding hydrogens is 182 g/mol. The van der Waals surface area contributed by atoms with Crippen LogP contribution in [0.25, 0.3) is 0 Å². The minimum atomic E-state index is 0.769. The van der Waals surface area contributed by atoms with E-state index in [1.807, 2.05) is 10.8 Å². The van der Waals surface area contributed by atoms with Gasteiger partial charge in [0.1, 0.15) is 0 Å². The maximum absolute atomic E-state index is 9.87. The fourth-order valence-corrected chi connectivity index (χ4v) is 1.17. The van der Waals surface area contributed by atoms with Gasteiger partial charge in [-0.1, -0.05) is 13.8 Å². The first kappa shape index (κ1) is 12.3. The van der Waals surface area contributed by atoms with E-state index >= 15 is 0 Å². The lowest BCUT2D eigenvalue weighted by molar-refractivity contribution is 0.112. The fraction of sp³-hybridized carbons (Fsp3) is 0.500. The predicted molar refractivity (Wildman–Crippen MR) is 58.6 cm³/mol. The average Bonchev–Trinajstić information content (AvgIpc) is 2.70. The molecular formula is C10H17NOS. The molecule has 1 aromatic heterocycles. The second kappa shape index (κ2) is 7.95. The van der Waals surface area contributed by atoms with E-state index in [4.69, 9.17) is 0 Å². The number of aldehydes is 1. The van der Waals surface area contributed by atoms with Gasteiger partial charge in [0.05, 0.1) is 0 Å². The molecule has 0 atom stereocenters. The van der Waals surface area contributed by atoms with Crippen LogP contribution in [-0.4, -0.2) is 31.3 Å². The van der Waals surface area contributed by atoms with E-state index in [1.54, 1.807) is 6.07 Å². The highest BCUT2D eigenvalue weighted by Crippen LogP contribution is 2.00. The van der Waals surface area contributed by atoms with Crippen LogP contribution in [0, 0.1) is 0 Å². The lowest BCUT2D eigenvalue weighted by Gasteiger charge is -2.07. The van der Waals surface area contributed by atoms with Gasteiger partial charge in [-0.25, -0.2) is 0 Å². The van der Waals surface area contributed by atoms with E-state index in [2.05, 4.69) is 25.8 Å². The topological polar surface area (TPSA) is 20.3 Å². The monoisotopic (exact) mass is 199 g/mol. The molecule has 0 bridgehead atoms. The molecule has 0 aliphatic rings. The number of carbonyl (C=O) groups excluding carboxylic acids is 1. The van der Waals surface area contributed by atoms with Gasteiger partial charge in [-0.3, -0.25) is 4.79 Å². The van der Waals surface area contributed by atoms with Crippen LogP contribution in [-0.2, 0) is 0 Å². The molecule has 0 aliphatic heterocycles. The molecule has 0 amide bonds. The van der Waals surface area contributed by atoms with E-state index in [0.29, 0.717) is 0 Å². The Hall–Kier alpha value is -0.670. The molecule has 0 saturated carbocycles. The zero-order chi connectivity index (χ0) is 10.1. The van der Waals surface area contributed by atoms with Crippen molar-refractivity contribution in [2.24, 2.45) is 0 Å². The van der Waals surface area contributed by atoms with Crippen molar-refractivity contribution >= 4 is 17.6 Å². The zero-order valence-electron chi connectivity index (χ0n) is 8.49. The minimum absolute atomic E-state index is 0.769. The maximum Gasteiger partial charge on any atom is 0.150 e. The molecule has 0 fully saturated rings. The second-order valence-corrected chi connectivity index (χ2v) is 3.44. The lowest BCUT2D eigenvalue weighted by Crippen LogP contribution is -2.15. The molecule has 3 heteroatoms. The van der Waals surface area contributed by atoms with Crippen molar-refractivity contribution in [1.82, 2.24) is 4.90 Å². The molecule has 0 aromatic carbocycles. The Balaban J connectivity index is 0.000000226. The summed E-state index contributed by atoms with van der Waals surface area (Å²) in [6.07, 6.45) is 0.844. The maximum atomic E-state index is 9.87. The SMILES string of the molecule is CCN(C)CC.O=Cc1ccsc1. The smallest absolute Gasteiger partial charge is 0.150 e. The van der Waals surface area contributed by atoms with Gasteiger partial charge in [0, 0.05) is 10.9 Å². The predicted octanol–water partition coefficient (Wildman–Crippen LogP) is 2.52. The highest BCUT2D eigenvalue weighted by Gasteiger charge is 1.82. The molecule has 13 heavy (non-hydrogen) atoms. The van der Waals surface area contributed by atoms with E-state index in [-0.39, 0.29) is 0 Å². The number of nitrogens with zero attached hydrogens (tertiary/aromatic N) is 1. The van der Waals surface area contributed by atoms with Crippen LogP contribution in [0.2, 0.25) is 0 Å². The Morgan fingerprint density at radius 3 is 2.23 bits per heavy atom. The molecule has 0 unspecified atom stereocenters. The van der Waals surface area contributed by atoms with Crippen LogP contribution >= 0.6 is 11.3 Å². The number of rotatable bonds is 3. The van der Waals surface area contributed by atoms with Gasteiger partial charge in [0.15, 0.2) is 6.29 Å². The first-order valence-corrected chi connectivity index (χ1v) is 5.34. The van der Waals surface area contributed by atoms with Crippen LogP contribution in [0.1, 0.15) is 24.2 Å². The van der Waals surface area contributed by atoms with Crippen molar-refractivity contribution in [3.8, 4) is 0 Å². The fourth-order valence-electron chi connectivity index (χ4n) is 0.566. The quantitative estimate of drug-likeness (QED) is 0.697. The van der Waals surface area contributed by atoms with Gasteiger partial charge < -0.3 is 4.90 Å². The summed E-state index contributed by atoms with van der Waals surface area (Å²) >= 11 is 1.53. The van der Waals surface area contributed by atoms with Gasteiger partial charge >= 0.3 is 0 Å². The largest absolute Gasteiger partial charge is 0.307 e. The van der Waals surface area contributed by atoms with Gasteiger partial charge in [-0.15, -0.1) is 0 Å². The Morgan fingerprint density at radius 2 is 2.08 bits per heavy atom. The van der Waals surface area contributed by atoms with Gasteiger partial charge in [0.25, 0.3) is 0 Å². The third-order valence-corrected chi connectivity index (χ3v) is 2.46. The molecule has 0 N–H and O–H groups in total. The van der Waals surface area contributed by atoms with Gasteiger partial charge in [-0.05, 0) is 31.6 Å². The van der Waals surface area contributed by atoms with Crippen molar-refractivity contribution in [2.45, 2.75) is 13.8 Å². The lowest BCUT2D eigenvalue weighted by atomic mass is 10.4. The summed E-state index contributed by atoms with van der Waals surface area (Å²) in [4.78, 5) is 12.1. The van der Waals surface area contributed by atoms with E-state index in [0.717, 1.165) is 24.9 Å².